The first-order valence-corrected chi connectivity index (χ1v) is 11.5. The van der Waals surface area contributed by atoms with Crippen LogP contribution >= 0.6 is 0 Å². The van der Waals surface area contributed by atoms with Gasteiger partial charge in [0.05, 0.1) is 78.1 Å². The fourth-order valence-corrected chi connectivity index (χ4v) is 3.64. The van der Waals surface area contributed by atoms with Gasteiger partial charge in [0, 0.05) is 13.3 Å². The summed E-state index contributed by atoms with van der Waals surface area (Å²) in [6, 6.07) is 1.63. The van der Waals surface area contributed by atoms with Gasteiger partial charge < -0.3 is 28.4 Å². The summed E-state index contributed by atoms with van der Waals surface area (Å²) in [5.41, 5.74) is 0.207. The molecule has 1 aliphatic carbocycles. The molecule has 1 aliphatic rings. The van der Waals surface area contributed by atoms with E-state index in [1.807, 2.05) is 0 Å². The molecule has 1 fully saturated rings. The molecule has 0 amide bonds. The Bertz CT molecular complexity index is 612. The van der Waals surface area contributed by atoms with Crippen LogP contribution in [0.2, 0.25) is 0 Å². The van der Waals surface area contributed by atoms with E-state index in [0.29, 0.717) is 78.4 Å². The van der Waals surface area contributed by atoms with Crippen LogP contribution in [0.25, 0.3) is 0 Å². The van der Waals surface area contributed by atoms with Crippen molar-refractivity contribution in [3.8, 4) is 0 Å². The van der Waals surface area contributed by atoms with Crippen LogP contribution in [0.4, 0.5) is 0 Å². The summed E-state index contributed by atoms with van der Waals surface area (Å²) in [4.78, 5) is 20.0. The fourth-order valence-electron chi connectivity index (χ4n) is 3.64. The van der Waals surface area contributed by atoms with Gasteiger partial charge in [0.25, 0.3) is 0 Å². The highest BCUT2D eigenvalue weighted by Crippen LogP contribution is 2.38. The molecule has 0 unspecified atom stereocenters. The van der Waals surface area contributed by atoms with Crippen molar-refractivity contribution >= 4 is 6.29 Å². The normalized spacial score (nSPS) is 15.7. The molecule has 9 heteroatoms. The molecule has 0 aliphatic heterocycles. The predicted octanol–water partition coefficient (Wildman–Crippen LogP) is 2.22. The first-order chi connectivity index (χ1) is 15.8. The van der Waals surface area contributed by atoms with Crippen LogP contribution in [0.15, 0.2) is 12.3 Å². The van der Waals surface area contributed by atoms with E-state index in [4.69, 9.17) is 28.4 Å². The van der Waals surface area contributed by atoms with Gasteiger partial charge in [-0.25, -0.2) is 9.97 Å². The second-order valence-electron chi connectivity index (χ2n) is 7.76. The van der Waals surface area contributed by atoms with Crippen LogP contribution in [0.3, 0.4) is 0 Å². The van der Waals surface area contributed by atoms with E-state index in [0.717, 1.165) is 37.8 Å². The number of hydrogen-bond donors (Lipinski definition) is 0. The second kappa shape index (κ2) is 17.0. The van der Waals surface area contributed by atoms with Crippen molar-refractivity contribution in [3.63, 3.8) is 0 Å². The molecule has 1 heterocycles. The minimum atomic E-state index is -0.213. The number of aromatic nitrogens is 2. The van der Waals surface area contributed by atoms with Gasteiger partial charge in [-0.3, -0.25) is 4.79 Å². The molecule has 32 heavy (non-hydrogen) atoms. The van der Waals surface area contributed by atoms with E-state index in [1.165, 1.54) is 6.42 Å². The van der Waals surface area contributed by atoms with Crippen LogP contribution in [-0.2, 0) is 33.8 Å². The van der Waals surface area contributed by atoms with Crippen molar-refractivity contribution in [1.29, 1.82) is 0 Å². The summed E-state index contributed by atoms with van der Waals surface area (Å²) in [7, 11) is 1.65. The van der Waals surface area contributed by atoms with E-state index in [9.17, 15) is 4.79 Å². The van der Waals surface area contributed by atoms with Crippen LogP contribution in [0.5, 0.6) is 0 Å². The first kappa shape index (κ1) is 26.8. The monoisotopic (exact) mass is 454 g/mol. The summed E-state index contributed by atoms with van der Waals surface area (Å²) in [6.45, 7) is 5.93. The Morgan fingerprint density at radius 1 is 0.812 bits per heavy atom. The quantitative estimate of drug-likeness (QED) is 0.230. The average molecular weight is 455 g/mol. The maximum absolute atomic E-state index is 11.1. The lowest BCUT2D eigenvalue weighted by molar-refractivity contribution is -0.0200. The van der Waals surface area contributed by atoms with E-state index in [-0.39, 0.29) is 5.41 Å². The molecule has 1 aromatic heterocycles. The lowest BCUT2D eigenvalue weighted by Crippen LogP contribution is -2.37. The molecule has 0 spiro atoms. The van der Waals surface area contributed by atoms with Crippen LogP contribution in [-0.4, -0.2) is 96.0 Å². The number of methoxy groups -OCH3 is 1. The highest BCUT2D eigenvalue weighted by atomic mass is 16.6. The Morgan fingerprint density at radius 2 is 1.34 bits per heavy atom. The molecule has 0 N–H and O–H groups in total. The average Bonchev–Trinajstić information content (AvgIpc) is 2.84. The van der Waals surface area contributed by atoms with E-state index < -0.39 is 0 Å². The number of rotatable bonds is 19. The molecule has 9 nitrogen and oxygen atoms in total. The SMILES string of the molecule is COCCOCCOCCOCCOCCOCC1(c2nccc(C=O)n2)CCCCC1. The number of nitrogens with zero attached hydrogens (tertiary/aromatic N) is 2. The third kappa shape index (κ3) is 10.4. The summed E-state index contributed by atoms with van der Waals surface area (Å²) in [6.07, 6.45) is 7.84. The van der Waals surface area contributed by atoms with Gasteiger partial charge in [-0.2, -0.15) is 0 Å². The van der Waals surface area contributed by atoms with Gasteiger partial charge in [-0.05, 0) is 18.9 Å². The van der Waals surface area contributed by atoms with Crippen molar-refractivity contribution in [2.24, 2.45) is 0 Å². The molecule has 1 saturated carbocycles. The Kier molecular flexibility index (Phi) is 14.3. The van der Waals surface area contributed by atoms with E-state index in [1.54, 1.807) is 19.4 Å². The van der Waals surface area contributed by atoms with Gasteiger partial charge in [0.1, 0.15) is 11.5 Å². The number of carbonyl (C=O) groups is 1. The van der Waals surface area contributed by atoms with Crippen LogP contribution < -0.4 is 0 Å². The largest absolute Gasteiger partial charge is 0.382 e. The van der Waals surface area contributed by atoms with Crippen LogP contribution in [0, 0.1) is 0 Å². The molecular weight excluding hydrogens is 416 g/mol. The molecule has 2 rings (SSSR count). The summed E-state index contributed by atoms with van der Waals surface area (Å²) >= 11 is 0. The Hall–Kier alpha value is -1.49. The molecule has 1 aromatic rings. The van der Waals surface area contributed by atoms with Crippen LogP contribution in [0.1, 0.15) is 48.4 Å². The van der Waals surface area contributed by atoms with Gasteiger partial charge in [-0.15, -0.1) is 0 Å². The summed E-state index contributed by atoms with van der Waals surface area (Å²) in [5, 5.41) is 0. The molecule has 0 aromatic carbocycles. The van der Waals surface area contributed by atoms with Gasteiger partial charge in [0.2, 0.25) is 0 Å². The smallest absolute Gasteiger partial charge is 0.168 e. The molecule has 0 atom stereocenters. The second-order valence-corrected chi connectivity index (χ2v) is 7.76. The number of carbonyl (C=O) groups excluding carboxylic acids is 1. The minimum Gasteiger partial charge on any atom is -0.382 e. The van der Waals surface area contributed by atoms with Crippen molar-refractivity contribution in [3.05, 3.63) is 23.8 Å². The zero-order valence-electron chi connectivity index (χ0n) is 19.3. The third-order valence-corrected chi connectivity index (χ3v) is 5.38. The highest BCUT2D eigenvalue weighted by molar-refractivity contribution is 5.71. The van der Waals surface area contributed by atoms with Gasteiger partial charge >= 0.3 is 0 Å². The zero-order valence-corrected chi connectivity index (χ0v) is 19.3. The lowest BCUT2D eigenvalue weighted by Gasteiger charge is -2.35. The first-order valence-electron chi connectivity index (χ1n) is 11.5. The topological polar surface area (TPSA) is 98.2 Å². The maximum Gasteiger partial charge on any atom is 0.168 e. The Morgan fingerprint density at radius 3 is 1.88 bits per heavy atom. The van der Waals surface area contributed by atoms with Gasteiger partial charge in [-0.1, -0.05) is 19.3 Å². The fraction of sp³-hybridized carbons (Fsp3) is 0.783. The van der Waals surface area contributed by atoms with E-state index in [2.05, 4.69) is 9.97 Å². The van der Waals surface area contributed by atoms with Crippen molar-refractivity contribution in [2.45, 2.75) is 37.5 Å². The Balaban J connectivity index is 1.50. The number of aldehydes is 1. The highest BCUT2D eigenvalue weighted by Gasteiger charge is 2.37. The summed E-state index contributed by atoms with van der Waals surface area (Å²) < 4.78 is 32.6. The Labute approximate surface area is 191 Å². The molecule has 182 valence electrons. The van der Waals surface area contributed by atoms with Crippen molar-refractivity contribution in [1.82, 2.24) is 9.97 Å². The standard InChI is InChI=1S/C23H38N2O7/c1-27-9-10-28-11-12-29-13-14-30-15-16-31-17-18-32-20-23(6-3-2-4-7-23)22-24-8-5-21(19-26)25-22/h5,8,19H,2-4,6-7,9-18,20H2,1H3. The van der Waals surface area contributed by atoms with E-state index >= 15 is 0 Å². The molecular formula is C23H38N2O7. The third-order valence-electron chi connectivity index (χ3n) is 5.38. The van der Waals surface area contributed by atoms with Crippen molar-refractivity contribution in [2.75, 3.05) is 79.8 Å². The lowest BCUT2D eigenvalue weighted by atomic mass is 9.74. The molecule has 0 radical (unpaired) electrons. The van der Waals surface area contributed by atoms with Gasteiger partial charge in [0.15, 0.2) is 6.29 Å². The zero-order chi connectivity index (χ0) is 22.7. The predicted molar refractivity (Wildman–Crippen MR) is 118 cm³/mol. The number of ether oxygens (including phenoxy) is 6. The number of hydrogen-bond acceptors (Lipinski definition) is 9. The maximum atomic E-state index is 11.1. The van der Waals surface area contributed by atoms with Crippen molar-refractivity contribution < 1.29 is 33.2 Å². The molecule has 0 bridgehead atoms. The summed E-state index contributed by atoms with van der Waals surface area (Å²) in [5.74, 6) is 0.722. The molecule has 0 saturated heterocycles. The minimum absolute atomic E-state index is 0.213.